The first kappa shape index (κ1) is 10.6. The zero-order valence-corrected chi connectivity index (χ0v) is 9.45. The smallest absolute Gasteiger partial charge is 0.133 e. The highest BCUT2D eigenvalue weighted by Crippen LogP contribution is 2.17. The van der Waals surface area contributed by atoms with Crippen LogP contribution in [0.1, 0.15) is 37.9 Å². The maximum Gasteiger partial charge on any atom is 0.133 e. The van der Waals surface area contributed by atoms with E-state index in [2.05, 4.69) is 15.5 Å². The summed E-state index contributed by atoms with van der Waals surface area (Å²) in [6.45, 7) is 1.02. The van der Waals surface area contributed by atoms with Crippen LogP contribution >= 0.6 is 0 Å². The minimum Gasteiger partial charge on any atom is -0.321 e. The highest BCUT2D eigenvalue weighted by Gasteiger charge is 2.12. The number of nitrogens with zero attached hydrogens (tertiary/aromatic N) is 3. The predicted molar refractivity (Wildman–Crippen MR) is 59.6 cm³/mol. The van der Waals surface area contributed by atoms with Gasteiger partial charge in [0.25, 0.3) is 0 Å². The van der Waals surface area contributed by atoms with Gasteiger partial charge in [-0.05, 0) is 12.8 Å². The summed E-state index contributed by atoms with van der Waals surface area (Å²) < 4.78 is 1.99. The number of aromatic nitrogens is 3. The van der Waals surface area contributed by atoms with Crippen molar-refractivity contribution in [2.45, 2.75) is 44.6 Å². The van der Waals surface area contributed by atoms with Gasteiger partial charge in [0.2, 0.25) is 0 Å². The van der Waals surface area contributed by atoms with Crippen LogP contribution < -0.4 is 5.32 Å². The molecule has 0 amide bonds. The van der Waals surface area contributed by atoms with Gasteiger partial charge in [0, 0.05) is 26.1 Å². The van der Waals surface area contributed by atoms with Gasteiger partial charge in [-0.2, -0.15) is 0 Å². The van der Waals surface area contributed by atoms with Crippen LogP contribution in [-0.2, 0) is 13.5 Å². The van der Waals surface area contributed by atoms with E-state index in [4.69, 9.17) is 0 Å². The SMILES string of the molecule is Cn1cnnc1CCNC1CCCCC1. The van der Waals surface area contributed by atoms with Gasteiger partial charge in [-0.15, -0.1) is 10.2 Å². The molecule has 1 aromatic heterocycles. The third kappa shape index (κ3) is 3.02. The van der Waals surface area contributed by atoms with Gasteiger partial charge >= 0.3 is 0 Å². The molecule has 0 aromatic carbocycles. The third-order valence-electron chi connectivity index (χ3n) is 3.19. The molecule has 0 bridgehead atoms. The van der Waals surface area contributed by atoms with Crippen LogP contribution in [0.5, 0.6) is 0 Å². The number of nitrogens with one attached hydrogen (secondary N) is 1. The van der Waals surface area contributed by atoms with Crippen molar-refractivity contribution in [2.75, 3.05) is 6.54 Å². The van der Waals surface area contributed by atoms with Gasteiger partial charge in [-0.25, -0.2) is 0 Å². The van der Waals surface area contributed by atoms with Gasteiger partial charge < -0.3 is 9.88 Å². The molecule has 0 unspecified atom stereocenters. The summed E-state index contributed by atoms with van der Waals surface area (Å²) >= 11 is 0. The Morgan fingerprint density at radius 2 is 2.20 bits per heavy atom. The first-order chi connectivity index (χ1) is 7.36. The van der Waals surface area contributed by atoms with E-state index >= 15 is 0 Å². The molecule has 0 atom stereocenters. The molecule has 4 heteroatoms. The van der Waals surface area contributed by atoms with E-state index in [9.17, 15) is 0 Å². The second kappa shape index (κ2) is 5.26. The molecule has 1 heterocycles. The summed E-state index contributed by atoms with van der Waals surface area (Å²) in [5.74, 6) is 1.07. The monoisotopic (exact) mass is 208 g/mol. The zero-order chi connectivity index (χ0) is 10.5. The lowest BCUT2D eigenvalue weighted by Gasteiger charge is -2.22. The fourth-order valence-electron chi connectivity index (χ4n) is 2.23. The minimum absolute atomic E-state index is 0.743. The Hall–Kier alpha value is -0.900. The molecule has 2 rings (SSSR count). The van der Waals surface area contributed by atoms with Gasteiger partial charge in [-0.1, -0.05) is 19.3 Å². The fourth-order valence-corrected chi connectivity index (χ4v) is 2.23. The second-order valence-corrected chi connectivity index (χ2v) is 4.40. The van der Waals surface area contributed by atoms with Crippen molar-refractivity contribution in [3.05, 3.63) is 12.2 Å². The van der Waals surface area contributed by atoms with Crippen molar-refractivity contribution in [3.8, 4) is 0 Å². The summed E-state index contributed by atoms with van der Waals surface area (Å²) in [5.41, 5.74) is 0. The Labute approximate surface area is 91.1 Å². The predicted octanol–water partition coefficient (Wildman–Crippen LogP) is 1.28. The standard InChI is InChI=1S/C11H20N4/c1-15-9-13-14-11(15)7-8-12-10-5-3-2-4-6-10/h9-10,12H,2-8H2,1H3. The van der Waals surface area contributed by atoms with E-state index in [0.29, 0.717) is 0 Å². The van der Waals surface area contributed by atoms with Crippen LogP contribution in [0.25, 0.3) is 0 Å². The summed E-state index contributed by atoms with van der Waals surface area (Å²) in [5, 5.41) is 11.5. The lowest BCUT2D eigenvalue weighted by molar-refractivity contribution is 0.374. The first-order valence-electron chi connectivity index (χ1n) is 5.92. The van der Waals surface area contributed by atoms with Crippen molar-refractivity contribution < 1.29 is 0 Å². The minimum atomic E-state index is 0.743. The largest absolute Gasteiger partial charge is 0.321 e. The van der Waals surface area contributed by atoms with Crippen molar-refractivity contribution in [3.63, 3.8) is 0 Å². The van der Waals surface area contributed by atoms with E-state index < -0.39 is 0 Å². The molecule has 1 saturated carbocycles. The summed E-state index contributed by atoms with van der Waals surface area (Å²) in [6.07, 6.45) is 9.63. The molecule has 84 valence electrons. The number of hydrogen-bond donors (Lipinski definition) is 1. The Morgan fingerprint density at radius 1 is 1.40 bits per heavy atom. The third-order valence-corrected chi connectivity index (χ3v) is 3.19. The Bertz CT molecular complexity index is 289. The van der Waals surface area contributed by atoms with E-state index in [0.717, 1.165) is 24.8 Å². The van der Waals surface area contributed by atoms with Crippen LogP contribution in [0, 0.1) is 0 Å². The molecule has 1 N–H and O–H groups in total. The molecule has 15 heavy (non-hydrogen) atoms. The molecule has 0 spiro atoms. The number of aryl methyl sites for hydroxylation is 1. The Morgan fingerprint density at radius 3 is 2.87 bits per heavy atom. The van der Waals surface area contributed by atoms with Crippen LogP contribution in [0.3, 0.4) is 0 Å². The highest BCUT2D eigenvalue weighted by atomic mass is 15.2. The van der Waals surface area contributed by atoms with E-state index in [1.54, 1.807) is 6.33 Å². The Kier molecular flexibility index (Phi) is 3.72. The van der Waals surface area contributed by atoms with Crippen molar-refractivity contribution in [1.82, 2.24) is 20.1 Å². The van der Waals surface area contributed by atoms with Crippen LogP contribution in [0.4, 0.5) is 0 Å². The number of rotatable bonds is 4. The molecule has 1 aliphatic rings. The van der Waals surface area contributed by atoms with Gasteiger partial charge in [0.05, 0.1) is 0 Å². The average molecular weight is 208 g/mol. The molecule has 4 nitrogen and oxygen atoms in total. The van der Waals surface area contributed by atoms with Crippen LogP contribution in [0.2, 0.25) is 0 Å². The first-order valence-corrected chi connectivity index (χ1v) is 5.92. The molecule has 1 aliphatic carbocycles. The maximum absolute atomic E-state index is 4.07. The van der Waals surface area contributed by atoms with Gasteiger partial charge in [-0.3, -0.25) is 0 Å². The second-order valence-electron chi connectivity index (χ2n) is 4.40. The highest BCUT2D eigenvalue weighted by molar-refractivity contribution is 4.85. The molecular formula is C11H20N4. The quantitative estimate of drug-likeness (QED) is 0.810. The fraction of sp³-hybridized carbons (Fsp3) is 0.818. The van der Waals surface area contributed by atoms with E-state index in [-0.39, 0.29) is 0 Å². The van der Waals surface area contributed by atoms with Crippen LogP contribution in [0.15, 0.2) is 6.33 Å². The summed E-state index contributed by atoms with van der Waals surface area (Å²) in [7, 11) is 2.00. The molecule has 1 aromatic rings. The molecule has 1 fully saturated rings. The average Bonchev–Trinajstić information content (AvgIpc) is 2.66. The molecular weight excluding hydrogens is 188 g/mol. The van der Waals surface area contributed by atoms with Crippen molar-refractivity contribution in [2.24, 2.45) is 7.05 Å². The van der Waals surface area contributed by atoms with Crippen molar-refractivity contribution in [1.29, 1.82) is 0 Å². The topological polar surface area (TPSA) is 42.7 Å². The maximum atomic E-state index is 4.07. The number of hydrogen-bond acceptors (Lipinski definition) is 3. The lowest BCUT2D eigenvalue weighted by atomic mass is 9.95. The molecule has 0 radical (unpaired) electrons. The van der Waals surface area contributed by atoms with E-state index in [1.165, 1.54) is 32.1 Å². The normalized spacial score (nSPS) is 18.2. The van der Waals surface area contributed by atoms with Gasteiger partial charge in [0.1, 0.15) is 12.2 Å². The van der Waals surface area contributed by atoms with Crippen LogP contribution in [-0.4, -0.2) is 27.4 Å². The molecule has 0 aliphatic heterocycles. The van der Waals surface area contributed by atoms with E-state index in [1.807, 2.05) is 11.6 Å². The van der Waals surface area contributed by atoms with Crippen molar-refractivity contribution >= 4 is 0 Å². The summed E-state index contributed by atoms with van der Waals surface area (Å²) in [6, 6.07) is 0.743. The molecule has 0 saturated heterocycles. The summed E-state index contributed by atoms with van der Waals surface area (Å²) in [4.78, 5) is 0. The van der Waals surface area contributed by atoms with Gasteiger partial charge in [0.15, 0.2) is 0 Å². The lowest BCUT2D eigenvalue weighted by Crippen LogP contribution is -2.32. The zero-order valence-electron chi connectivity index (χ0n) is 9.45. The Balaban J connectivity index is 1.68.